The molecule has 0 atom stereocenters. The molecule has 0 bridgehead atoms. The van der Waals surface area contributed by atoms with Gasteiger partial charge in [-0.25, -0.2) is 5.43 Å². The SMILES string of the molecule is CCOc1cc(/C=N/NC(=O)c2ccc(-n3c(C)ccc3-c3ccccc3)cc2)ccc1OCc1cccc(C)c1. The first kappa shape index (κ1) is 27.5. The summed E-state index contributed by atoms with van der Waals surface area (Å²) in [6.45, 7) is 7.01. The molecule has 0 aliphatic carbocycles. The van der Waals surface area contributed by atoms with Crippen molar-refractivity contribution in [3.8, 4) is 28.4 Å². The van der Waals surface area contributed by atoms with E-state index in [1.807, 2.05) is 79.7 Å². The fourth-order valence-electron chi connectivity index (χ4n) is 4.66. The molecular weight excluding hydrogens is 510 g/mol. The van der Waals surface area contributed by atoms with E-state index in [2.05, 4.69) is 65.3 Å². The number of amides is 1. The molecule has 0 aliphatic rings. The van der Waals surface area contributed by atoms with Gasteiger partial charge in [0.05, 0.1) is 18.5 Å². The van der Waals surface area contributed by atoms with Crippen LogP contribution in [0.4, 0.5) is 0 Å². The summed E-state index contributed by atoms with van der Waals surface area (Å²) in [5.41, 5.74) is 10.5. The van der Waals surface area contributed by atoms with Crippen molar-refractivity contribution in [1.29, 1.82) is 0 Å². The van der Waals surface area contributed by atoms with E-state index in [1.165, 1.54) is 5.56 Å². The van der Waals surface area contributed by atoms with Crippen LogP contribution in [0.1, 0.15) is 39.7 Å². The van der Waals surface area contributed by atoms with Gasteiger partial charge in [0.15, 0.2) is 11.5 Å². The van der Waals surface area contributed by atoms with Gasteiger partial charge in [0, 0.05) is 16.9 Å². The zero-order chi connectivity index (χ0) is 28.6. The highest BCUT2D eigenvalue weighted by Crippen LogP contribution is 2.29. The molecule has 1 N–H and O–H groups in total. The van der Waals surface area contributed by atoms with E-state index in [1.54, 1.807) is 6.21 Å². The fraction of sp³-hybridized carbons (Fsp3) is 0.143. The number of carbonyl (C=O) groups excluding carboxylic acids is 1. The summed E-state index contributed by atoms with van der Waals surface area (Å²) in [4.78, 5) is 12.8. The third kappa shape index (κ3) is 6.73. The van der Waals surface area contributed by atoms with E-state index in [-0.39, 0.29) is 5.91 Å². The number of hydrogen-bond acceptors (Lipinski definition) is 4. The number of carbonyl (C=O) groups is 1. The molecule has 5 aromatic rings. The molecule has 6 nitrogen and oxygen atoms in total. The standard InChI is InChI=1S/C35H33N3O3/c1-4-40-34-22-27(14-20-33(34)41-24-28-10-8-9-25(2)21-28)23-36-37-35(39)30-15-17-31(18-16-30)38-26(3)13-19-32(38)29-11-6-5-7-12-29/h5-23H,4,24H2,1-3H3,(H,37,39)/b36-23+. The van der Waals surface area contributed by atoms with Gasteiger partial charge in [-0.1, -0.05) is 60.2 Å². The number of aromatic nitrogens is 1. The number of ether oxygens (including phenoxy) is 2. The van der Waals surface area contributed by atoms with Crippen molar-refractivity contribution in [2.24, 2.45) is 5.10 Å². The van der Waals surface area contributed by atoms with Crippen LogP contribution in [0.5, 0.6) is 11.5 Å². The first-order valence-corrected chi connectivity index (χ1v) is 13.6. The van der Waals surface area contributed by atoms with Gasteiger partial charge >= 0.3 is 0 Å². The molecule has 1 aromatic heterocycles. The molecule has 1 heterocycles. The van der Waals surface area contributed by atoms with Crippen molar-refractivity contribution >= 4 is 12.1 Å². The van der Waals surface area contributed by atoms with Gasteiger partial charge in [0.2, 0.25) is 0 Å². The highest BCUT2D eigenvalue weighted by Gasteiger charge is 2.11. The Hall–Kier alpha value is -5.10. The zero-order valence-corrected chi connectivity index (χ0v) is 23.5. The minimum Gasteiger partial charge on any atom is -0.490 e. The Labute approximate surface area is 240 Å². The summed E-state index contributed by atoms with van der Waals surface area (Å²) in [5, 5.41) is 4.17. The Kier molecular flexibility index (Phi) is 8.60. The monoisotopic (exact) mass is 543 g/mol. The van der Waals surface area contributed by atoms with Crippen LogP contribution in [0.25, 0.3) is 16.9 Å². The number of hydrogen-bond donors (Lipinski definition) is 1. The van der Waals surface area contributed by atoms with Crippen molar-refractivity contribution in [3.63, 3.8) is 0 Å². The third-order valence-corrected chi connectivity index (χ3v) is 6.66. The van der Waals surface area contributed by atoms with E-state index < -0.39 is 0 Å². The van der Waals surface area contributed by atoms with Crippen LogP contribution < -0.4 is 14.9 Å². The summed E-state index contributed by atoms with van der Waals surface area (Å²) in [5.74, 6) is 0.993. The lowest BCUT2D eigenvalue weighted by Crippen LogP contribution is -2.17. The maximum absolute atomic E-state index is 12.8. The molecule has 4 aromatic carbocycles. The third-order valence-electron chi connectivity index (χ3n) is 6.66. The predicted molar refractivity (Wildman–Crippen MR) is 164 cm³/mol. The summed E-state index contributed by atoms with van der Waals surface area (Å²) in [6, 6.07) is 35.8. The Balaban J connectivity index is 1.24. The van der Waals surface area contributed by atoms with Crippen LogP contribution in [-0.2, 0) is 6.61 Å². The number of benzene rings is 4. The van der Waals surface area contributed by atoms with Crippen molar-refractivity contribution in [2.75, 3.05) is 6.61 Å². The second-order valence-corrected chi connectivity index (χ2v) is 9.72. The average Bonchev–Trinajstić information content (AvgIpc) is 3.38. The minimum atomic E-state index is -0.288. The summed E-state index contributed by atoms with van der Waals surface area (Å²) in [7, 11) is 0. The van der Waals surface area contributed by atoms with Crippen LogP contribution >= 0.6 is 0 Å². The van der Waals surface area contributed by atoms with E-state index in [4.69, 9.17) is 9.47 Å². The number of rotatable bonds is 10. The van der Waals surface area contributed by atoms with Crippen LogP contribution in [-0.4, -0.2) is 23.3 Å². The van der Waals surface area contributed by atoms with E-state index in [0.29, 0.717) is 30.3 Å². The highest BCUT2D eigenvalue weighted by atomic mass is 16.5. The molecule has 41 heavy (non-hydrogen) atoms. The molecule has 0 saturated heterocycles. The van der Waals surface area contributed by atoms with Crippen LogP contribution in [0.3, 0.4) is 0 Å². The number of nitrogens with one attached hydrogen (secondary N) is 1. The number of hydrazone groups is 1. The normalized spacial score (nSPS) is 11.0. The van der Waals surface area contributed by atoms with Crippen LogP contribution in [0.2, 0.25) is 0 Å². The molecule has 0 aliphatic heterocycles. The largest absolute Gasteiger partial charge is 0.490 e. The molecular formula is C35H33N3O3. The first-order valence-electron chi connectivity index (χ1n) is 13.6. The van der Waals surface area contributed by atoms with Crippen molar-refractivity contribution in [1.82, 2.24) is 9.99 Å². The molecule has 6 heteroatoms. The molecule has 0 saturated carbocycles. The van der Waals surface area contributed by atoms with Crippen LogP contribution in [0, 0.1) is 13.8 Å². The molecule has 0 unspecified atom stereocenters. The lowest BCUT2D eigenvalue weighted by atomic mass is 10.1. The second kappa shape index (κ2) is 12.8. The molecule has 0 radical (unpaired) electrons. The Morgan fingerprint density at radius 1 is 0.829 bits per heavy atom. The summed E-state index contributed by atoms with van der Waals surface area (Å²) in [6.07, 6.45) is 1.59. The molecule has 0 spiro atoms. The van der Waals surface area contributed by atoms with Crippen LogP contribution in [0.15, 0.2) is 114 Å². The Morgan fingerprint density at radius 2 is 1.63 bits per heavy atom. The lowest BCUT2D eigenvalue weighted by molar-refractivity contribution is 0.0955. The quantitative estimate of drug-likeness (QED) is 0.147. The van der Waals surface area contributed by atoms with Crippen molar-refractivity contribution < 1.29 is 14.3 Å². The number of nitrogens with zero attached hydrogens (tertiary/aromatic N) is 2. The lowest BCUT2D eigenvalue weighted by Gasteiger charge is -2.13. The van der Waals surface area contributed by atoms with Gasteiger partial charge in [-0.3, -0.25) is 4.79 Å². The van der Waals surface area contributed by atoms with Gasteiger partial charge < -0.3 is 14.0 Å². The van der Waals surface area contributed by atoms with Crippen molar-refractivity contribution in [2.45, 2.75) is 27.4 Å². The molecule has 5 rings (SSSR count). The zero-order valence-electron chi connectivity index (χ0n) is 23.5. The predicted octanol–water partition coefficient (Wildman–Crippen LogP) is 7.50. The van der Waals surface area contributed by atoms with Gasteiger partial charge in [-0.15, -0.1) is 0 Å². The second-order valence-electron chi connectivity index (χ2n) is 9.72. The molecule has 0 fully saturated rings. The molecule has 206 valence electrons. The highest BCUT2D eigenvalue weighted by molar-refractivity contribution is 5.95. The first-order chi connectivity index (χ1) is 20.0. The van der Waals surface area contributed by atoms with Gasteiger partial charge in [-0.2, -0.15) is 5.10 Å². The number of aryl methyl sites for hydroxylation is 2. The van der Waals surface area contributed by atoms with E-state index >= 15 is 0 Å². The minimum absolute atomic E-state index is 0.288. The maximum Gasteiger partial charge on any atom is 0.271 e. The topological polar surface area (TPSA) is 64.8 Å². The smallest absolute Gasteiger partial charge is 0.271 e. The average molecular weight is 544 g/mol. The van der Waals surface area contributed by atoms with E-state index in [9.17, 15) is 4.79 Å². The summed E-state index contributed by atoms with van der Waals surface area (Å²) < 4.78 is 14.0. The van der Waals surface area contributed by atoms with Gasteiger partial charge in [-0.05, 0) is 92.1 Å². The van der Waals surface area contributed by atoms with Gasteiger partial charge in [0.25, 0.3) is 5.91 Å². The summed E-state index contributed by atoms with van der Waals surface area (Å²) >= 11 is 0. The molecule has 1 amide bonds. The Bertz CT molecular complexity index is 1650. The van der Waals surface area contributed by atoms with Crippen molar-refractivity contribution in [3.05, 3.63) is 137 Å². The van der Waals surface area contributed by atoms with Gasteiger partial charge in [0.1, 0.15) is 6.61 Å². The van der Waals surface area contributed by atoms with E-state index in [0.717, 1.165) is 33.8 Å². The maximum atomic E-state index is 12.8. The fourth-order valence-corrected chi connectivity index (χ4v) is 4.66. The Morgan fingerprint density at radius 3 is 2.39 bits per heavy atom.